The van der Waals surface area contributed by atoms with Gasteiger partial charge in [-0.2, -0.15) is 0 Å². The molecule has 4 aliphatic rings. The van der Waals surface area contributed by atoms with Crippen molar-refractivity contribution in [2.24, 2.45) is 11.8 Å². The van der Waals surface area contributed by atoms with Crippen molar-refractivity contribution in [1.29, 1.82) is 0 Å². The molecule has 1 aromatic carbocycles. The summed E-state index contributed by atoms with van der Waals surface area (Å²) in [5.41, 5.74) is 2.35. The third kappa shape index (κ3) is 3.51. The smallest absolute Gasteiger partial charge is 0.230 e. The molecule has 1 aromatic rings. The predicted octanol–water partition coefficient (Wildman–Crippen LogP) is 3.17. The van der Waals surface area contributed by atoms with E-state index in [-0.39, 0.29) is 18.6 Å². The summed E-state index contributed by atoms with van der Waals surface area (Å²) in [7, 11) is 0. The van der Waals surface area contributed by atoms with E-state index in [0.29, 0.717) is 23.8 Å². The fourth-order valence-corrected chi connectivity index (χ4v) is 6.24. The fourth-order valence-electron chi connectivity index (χ4n) is 6.24. The van der Waals surface area contributed by atoms with Crippen LogP contribution in [0.2, 0.25) is 0 Å². The van der Waals surface area contributed by atoms with Crippen molar-refractivity contribution in [3.63, 3.8) is 0 Å². The number of rotatable bonds is 4. The number of aliphatic hydroxyl groups is 1. The summed E-state index contributed by atoms with van der Waals surface area (Å²) in [5.74, 6) is 1.49. The van der Waals surface area contributed by atoms with Gasteiger partial charge in [-0.15, -0.1) is 0 Å². The van der Waals surface area contributed by atoms with Crippen molar-refractivity contribution < 1.29 is 14.6 Å². The van der Waals surface area contributed by atoms with E-state index < -0.39 is 0 Å². The summed E-state index contributed by atoms with van der Waals surface area (Å²) >= 11 is 0. The average molecular weight is 399 g/mol. The zero-order valence-corrected chi connectivity index (χ0v) is 17.3. The van der Waals surface area contributed by atoms with E-state index in [4.69, 9.17) is 4.74 Å². The highest BCUT2D eigenvalue weighted by Gasteiger charge is 2.53. The van der Waals surface area contributed by atoms with Crippen LogP contribution in [0, 0.1) is 11.8 Å². The lowest BCUT2D eigenvalue weighted by atomic mass is 9.71. The van der Waals surface area contributed by atoms with Gasteiger partial charge in [-0.3, -0.25) is 9.69 Å². The highest BCUT2D eigenvalue weighted by Crippen LogP contribution is 2.49. The van der Waals surface area contributed by atoms with Gasteiger partial charge in [0, 0.05) is 55.9 Å². The van der Waals surface area contributed by atoms with Gasteiger partial charge in [-0.05, 0) is 43.2 Å². The molecule has 5 rings (SSSR count). The maximum Gasteiger partial charge on any atom is 0.230 e. The van der Waals surface area contributed by atoms with Crippen LogP contribution in [0.4, 0.5) is 5.69 Å². The Labute approximate surface area is 174 Å². The van der Waals surface area contributed by atoms with Gasteiger partial charge in [0.25, 0.3) is 0 Å². The Morgan fingerprint density at radius 3 is 2.59 bits per heavy atom. The Morgan fingerprint density at radius 2 is 1.83 bits per heavy atom. The second-order valence-corrected chi connectivity index (χ2v) is 9.44. The van der Waals surface area contributed by atoms with Crippen LogP contribution in [0.5, 0.6) is 0 Å². The van der Waals surface area contributed by atoms with E-state index in [1.165, 1.54) is 24.8 Å². The Kier molecular flexibility index (Phi) is 5.63. The van der Waals surface area contributed by atoms with Crippen molar-refractivity contribution in [1.82, 2.24) is 4.90 Å². The third-order valence-corrected chi connectivity index (χ3v) is 7.85. The summed E-state index contributed by atoms with van der Waals surface area (Å²) in [6.07, 6.45) is 7.91. The molecule has 1 saturated carbocycles. The van der Waals surface area contributed by atoms with E-state index in [9.17, 15) is 9.90 Å². The highest BCUT2D eigenvalue weighted by atomic mass is 16.5. The van der Waals surface area contributed by atoms with Gasteiger partial charge in [0.15, 0.2) is 0 Å². The molecule has 3 heterocycles. The van der Waals surface area contributed by atoms with Crippen LogP contribution in [-0.2, 0) is 9.53 Å². The second-order valence-electron chi connectivity index (χ2n) is 9.44. The van der Waals surface area contributed by atoms with E-state index in [2.05, 4.69) is 28.0 Å². The highest BCUT2D eigenvalue weighted by molar-refractivity contribution is 5.96. The molecule has 0 unspecified atom stereocenters. The number of hydrogen-bond acceptors (Lipinski definition) is 4. The molecular formula is C24H34N2O3. The predicted molar refractivity (Wildman–Crippen MR) is 113 cm³/mol. The lowest BCUT2D eigenvalue weighted by Crippen LogP contribution is -2.70. The second kappa shape index (κ2) is 8.37. The van der Waals surface area contributed by atoms with Crippen LogP contribution in [-0.4, -0.2) is 60.9 Å². The Bertz CT molecular complexity index is 727. The number of hydrogen-bond donors (Lipinski definition) is 1. The monoisotopic (exact) mass is 398 g/mol. The maximum atomic E-state index is 13.5. The van der Waals surface area contributed by atoms with Gasteiger partial charge in [-0.25, -0.2) is 0 Å². The lowest BCUT2D eigenvalue weighted by molar-refractivity contribution is -0.124. The van der Waals surface area contributed by atoms with E-state index in [1.807, 2.05) is 6.07 Å². The molecule has 1 N–H and O–H groups in total. The molecule has 0 bridgehead atoms. The topological polar surface area (TPSA) is 53.0 Å². The van der Waals surface area contributed by atoms with Crippen LogP contribution in [0.25, 0.3) is 0 Å². The van der Waals surface area contributed by atoms with Crippen LogP contribution in [0.1, 0.15) is 56.4 Å². The molecule has 1 amide bonds. The molecule has 5 heteroatoms. The van der Waals surface area contributed by atoms with Crippen LogP contribution < -0.4 is 4.90 Å². The number of nitrogens with zero attached hydrogens (tertiary/aromatic N) is 2. The molecule has 3 fully saturated rings. The molecule has 0 spiro atoms. The summed E-state index contributed by atoms with van der Waals surface area (Å²) < 4.78 is 5.53. The number of likely N-dealkylation sites (tertiary alicyclic amines) is 1. The molecule has 1 aliphatic carbocycles. The zero-order valence-electron chi connectivity index (χ0n) is 17.3. The summed E-state index contributed by atoms with van der Waals surface area (Å²) in [6.45, 7) is 3.69. The normalized spacial score (nSPS) is 31.1. The molecule has 3 atom stereocenters. The quantitative estimate of drug-likeness (QED) is 0.846. The summed E-state index contributed by atoms with van der Waals surface area (Å²) in [4.78, 5) is 18.1. The minimum Gasteiger partial charge on any atom is -0.395 e. The van der Waals surface area contributed by atoms with E-state index >= 15 is 0 Å². The first-order valence-electron chi connectivity index (χ1n) is 11.6. The van der Waals surface area contributed by atoms with Crippen LogP contribution >= 0.6 is 0 Å². The Hall–Kier alpha value is -1.43. The van der Waals surface area contributed by atoms with Crippen LogP contribution in [0.15, 0.2) is 24.3 Å². The van der Waals surface area contributed by atoms with Crippen LogP contribution in [0.3, 0.4) is 0 Å². The SMILES string of the molecule is O=C(C1CCCCC1)N1C[C@@H]2[C@H](c3ccccc31)[C@H](CO)N2CC1CCOCC1. The molecular weight excluding hydrogens is 364 g/mol. The molecule has 0 radical (unpaired) electrons. The third-order valence-electron chi connectivity index (χ3n) is 7.85. The van der Waals surface area contributed by atoms with Crippen molar-refractivity contribution in [2.45, 2.75) is 62.9 Å². The number of carbonyl (C=O) groups is 1. The first kappa shape index (κ1) is 19.5. The van der Waals surface area contributed by atoms with Gasteiger partial charge in [-0.1, -0.05) is 37.5 Å². The number of para-hydroxylation sites is 1. The largest absolute Gasteiger partial charge is 0.395 e. The van der Waals surface area contributed by atoms with Crippen molar-refractivity contribution in [3.8, 4) is 0 Å². The molecule has 5 nitrogen and oxygen atoms in total. The summed E-state index contributed by atoms with van der Waals surface area (Å²) in [5, 5.41) is 10.2. The minimum atomic E-state index is 0.177. The average Bonchev–Trinajstić information content (AvgIpc) is 2.78. The van der Waals surface area contributed by atoms with Crippen molar-refractivity contribution in [2.75, 3.05) is 37.8 Å². The van der Waals surface area contributed by atoms with Gasteiger partial charge < -0.3 is 14.7 Å². The minimum absolute atomic E-state index is 0.177. The zero-order chi connectivity index (χ0) is 19.8. The standard InChI is InChI=1S/C24H34N2O3/c27-16-22-23-19-8-4-5-9-20(19)26(24(28)18-6-2-1-3-7-18)15-21(23)25(22)14-17-10-12-29-13-11-17/h4-5,8-9,17-18,21-23,27H,1-3,6-7,10-16H2/t21-,22+,23+/m1/s1. The number of amides is 1. The Balaban J connectivity index is 1.40. The van der Waals surface area contributed by atoms with Gasteiger partial charge >= 0.3 is 0 Å². The summed E-state index contributed by atoms with van der Waals surface area (Å²) in [6, 6.07) is 8.93. The number of benzene rings is 1. The first-order chi connectivity index (χ1) is 14.3. The number of carbonyl (C=O) groups excluding carboxylic acids is 1. The number of fused-ring (bicyclic) bond motifs is 3. The molecule has 0 aromatic heterocycles. The molecule has 29 heavy (non-hydrogen) atoms. The molecule has 158 valence electrons. The van der Waals surface area contributed by atoms with E-state index in [0.717, 1.165) is 57.7 Å². The first-order valence-corrected chi connectivity index (χ1v) is 11.6. The van der Waals surface area contributed by atoms with Crippen molar-refractivity contribution >= 4 is 11.6 Å². The van der Waals surface area contributed by atoms with Gasteiger partial charge in [0.05, 0.1) is 6.61 Å². The Morgan fingerprint density at radius 1 is 1.07 bits per heavy atom. The van der Waals surface area contributed by atoms with Crippen molar-refractivity contribution in [3.05, 3.63) is 29.8 Å². The number of aliphatic hydroxyl groups excluding tert-OH is 1. The molecule has 2 saturated heterocycles. The van der Waals surface area contributed by atoms with Gasteiger partial charge in [0.1, 0.15) is 0 Å². The fraction of sp³-hybridized carbons (Fsp3) is 0.708. The maximum absolute atomic E-state index is 13.5. The molecule has 3 aliphatic heterocycles. The van der Waals surface area contributed by atoms with E-state index in [1.54, 1.807) is 0 Å². The lowest BCUT2D eigenvalue weighted by Gasteiger charge is -2.60. The number of ether oxygens (including phenoxy) is 1. The van der Waals surface area contributed by atoms with Gasteiger partial charge in [0.2, 0.25) is 5.91 Å². The number of anilines is 1.